The van der Waals surface area contributed by atoms with Gasteiger partial charge >= 0.3 is 11.8 Å². The predicted molar refractivity (Wildman–Crippen MR) is 105 cm³/mol. The summed E-state index contributed by atoms with van der Waals surface area (Å²) >= 11 is 3.39. The Morgan fingerprint density at radius 3 is 2.44 bits per heavy atom. The summed E-state index contributed by atoms with van der Waals surface area (Å²) in [5.41, 5.74) is 4.56. The number of amides is 2. The quantitative estimate of drug-likeness (QED) is 0.441. The van der Waals surface area contributed by atoms with E-state index in [9.17, 15) is 9.59 Å². The van der Waals surface area contributed by atoms with Crippen LogP contribution < -0.4 is 20.2 Å². The Balaban J connectivity index is 1.57. The van der Waals surface area contributed by atoms with E-state index < -0.39 is 11.8 Å². The predicted octanol–water partition coefficient (Wildman–Crippen LogP) is 3.39. The molecule has 0 aromatic heterocycles. The molecular formula is C19H18BrN3O4. The van der Waals surface area contributed by atoms with Gasteiger partial charge in [-0.1, -0.05) is 26.0 Å². The molecule has 0 atom stereocenters. The highest BCUT2D eigenvalue weighted by Gasteiger charge is 2.16. The van der Waals surface area contributed by atoms with Crippen molar-refractivity contribution in [2.24, 2.45) is 5.10 Å². The molecule has 0 bridgehead atoms. The maximum absolute atomic E-state index is 12.0. The summed E-state index contributed by atoms with van der Waals surface area (Å²) in [4.78, 5) is 23.8. The molecule has 0 aliphatic carbocycles. The molecular weight excluding hydrogens is 414 g/mol. The molecule has 0 saturated heterocycles. The number of fused-ring (bicyclic) bond motifs is 1. The second-order valence-electron chi connectivity index (χ2n) is 6.16. The molecule has 2 N–H and O–H groups in total. The summed E-state index contributed by atoms with van der Waals surface area (Å²) in [7, 11) is 0. The van der Waals surface area contributed by atoms with Crippen LogP contribution in [0.2, 0.25) is 0 Å². The summed E-state index contributed by atoms with van der Waals surface area (Å²) in [5, 5.41) is 6.35. The fourth-order valence-corrected chi connectivity index (χ4v) is 2.81. The van der Waals surface area contributed by atoms with Crippen molar-refractivity contribution in [3.63, 3.8) is 0 Å². The molecule has 1 aliphatic heterocycles. The molecule has 1 aliphatic rings. The number of benzene rings is 2. The van der Waals surface area contributed by atoms with Crippen LogP contribution in [0.3, 0.4) is 0 Å². The monoisotopic (exact) mass is 431 g/mol. The van der Waals surface area contributed by atoms with Gasteiger partial charge in [0, 0.05) is 15.7 Å². The summed E-state index contributed by atoms with van der Waals surface area (Å²) in [5.74, 6) is -0.0485. The van der Waals surface area contributed by atoms with Gasteiger partial charge in [-0.05, 0) is 51.7 Å². The molecule has 140 valence electrons. The van der Waals surface area contributed by atoms with E-state index >= 15 is 0 Å². The second-order valence-corrected chi connectivity index (χ2v) is 7.01. The molecule has 0 unspecified atom stereocenters. The van der Waals surface area contributed by atoms with Crippen molar-refractivity contribution < 1.29 is 19.1 Å². The number of hydrogen-bond acceptors (Lipinski definition) is 5. The topological polar surface area (TPSA) is 89.0 Å². The van der Waals surface area contributed by atoms with Crippen LogP contribution in [0, 0.1) is 0 Å². The average Bonchev–Trinajstić information content (AvgIpc) is 3.09. The minimum atomic E-state index is -0.865. The Labute approximate surface area is 164 Å². The number of ether oxygens (including phenoxy) is 2. The highest BCUT2D eigenvalue weighted by molar-refractivity contribution is 9.10. The lowest BCUT2D eigenvalue weighted by Crippen LogP contribution is -2.32. The van der Waals surface area contributed by atoms with Crippen molar-refractivity contribution >= 4 is 39.6 Å². The minimum absolute atomic E-state index is 0.164. The van der Waals surface area contributed by atoms with E-state index in [1.165, 1.54) is 6.21 Å². The van der Waals surface area contributed by atoms with Gasteiger partial charge in [0.1, 0.15) is 0 Å². The number of nitrogens with one attached hydrogen (secondary N) is 2. The second kappa shape index (κ2) is 8.22. The number of halogens is 1. The molecule has 2 aromatic carbocycles. The third-order valence-electron chi connectivity index (χ3n) is 3.90. The van der Waals surface area contributed by atoms with E-state index in [1.54, 1.807) is 24.3 Å². The molecule has 27 heavy (non-hydrogen) atoms. The average molecular weight is 432 g/mol. The largest absolute Gasteiger partial charge is 0.454 e. The zero-order chi connectivity index (χ0) is 19.4. The lowest BCUT2D eigenvalue weighted by molar-refractivity contribution is -0.136. The maximum atomic E-state index is 12.0. The van der Waals surface area contributed by atoms with Crippen molar-refractivity contribution in [3.8, 4) is 11.5 Å². The molecule has 0 saturated carbocycles. The third kappa shape index (κ3) is 4.65. The lowest BCUT2D eigenvalue weighted by Gasteiger charge is -2.07. The lowest BCUT2D eigenvalue weighted by atomic mass is 10.0. The van der Waals surface area contributed by atoms with Gasteiger partial charge in [0.25, 0.3) is 0 Å². The number of nitrogens with zero attached hydrogens (tertiary/aromatic N) is 1. The first-order valence-corrected chi connectivity index (χ1v) is 9.07. The van der Waals surface area contributed by atoms with Crippen molar-refractivity contribution in [2.45, 2.75) is 19.8 Å². The van der Waals surface area contributed by atoms with Gasteiger partial charge in [-0.2, -0.15) is 5.10 Å². The van der Waals surface area contributed by atoms with Crippen LogP contribution >= 0.6 is 15.9 Å². The van der Waals surface area contributed by atoms with Crippen LogP contribution in [-0.2, 0) is 9.59 Å². The van der Waals surface area contributed by atoms with Crippen LogP contribution in [0.4, 0.5) is 5.69 Å². The van der Waals surface area contributed by atoms with Gasteiger partial charge in [-0.3, -0.25) is 9.59 Å². The Bertz CT molecular complexity index is 895. The summed E-state index contributed by atoms with van der Waals surface area (Å²) in [6, 6.07) is 10.8. The highest BCUT2D eigenvalue weighted by Crippen LogP contribution is 2.36. The van der Waals surface area contributed by atoms with E-state index in [4.69, 9.17) is 9.47 Å². The molecule has 3 rings (SSSR count). The minimum Gasteiger partial charge on any atom is -0.454 e. The first-order valence-electron chi connectivity index (χ1n) is 8.27. The number of hydrogen-bond donors (Lipinski definition) is 2. The van der Waals surface area contributed by atoms with E-state index in [0.717, 1.165) is 10.0 Å². The number of carbonyl (C=O) groups is 2. The van der Waals surface area contributed by atoms with E-state index in [2.05, 4.69) is 45.6 Å². The fraction of sp³-hybridized carbons (Fsp3) is 0.211. The van der Waals surface area contributed by atoms with Crippen LogP contribution in [0.5, 0.6) is 11.5 Å². The standard InChI is InChI=1S/C19H18BrN3O4/c1-11(2)12-3-5-14(6-4-12)22-18(24)19(25)23-21-9-13-7-16-17(8-15(13)20)27-10-26-16/h3-9,11H,10H2,1-2H3,(H,22,24)(H,23,25)/b21-9-. The van der Waals surface area contributed by atoms with E-state index in [1.807, 2.05) is 12.1 Å². The molecule has 2 amide bonds. The third-order valence-corrected chi connectivity index (χ3v) is 4.59. The summed E-state index contributed by atoms with van der Waals surface area (Å²) < 4.78 is 11.3. The van der Waals surface area contributed by atoms with Crippen LogP contribution in [0.25, 0.3) is 0 Å². The van der Waals surface area contributed by atoms with Crippen molar-refractivity contribution in [3.05, 3.63) is 52.0 Å². The van der Waals surface area contributed by atoms with Crippen molar-refractivity contribution in [2.75, 3.05) is 12.1 Å². The van der Waals surface area contributed by atoms with Crippen LogP contribution in [0.1, 0.15) is 30.9 Å². The van der Waals surface area contributed by atoms with Gasteiger partial charge in [0.2, 0.25) is 6.79 Å². The van der Waals surface area contributed by atoms with Gasteiger partial charge in [-0.15, -0.1) is 0 Å². The summed E-state index contributed by atoms with van der Waals surface area (Å²) in [6.45, 7) is 4.33. The highest BCUT2D eigenvalue weighted by atomic mass is 79.9. The van der Waals surface area contributed by atoms with Gasteiger partial charge in [-0.25, -0.2) is 5.43 Å². The zero-order valence-corrected chi connectivity index (χ0v) is 16.4. The Hall–Kier alpha value is -2.87. The van der Waals surface area contributed by atoms with Gasteiger partial charge in [0.15, 0.2) is 11.5 Å². The Kier molecular flexibility index (Phi) is 5.75. The van der Waals surface area contributed by atoms with E-state index in [0.29, 0.717) is 28.7 Å². The first-order chi connectivity index (χ1) is 12.9. The molecule has 1 heterocycles. The molecule has 2 aromatic rings. The fourth-order valence-electron chi connectivity index (χ4n) is 2.38. The summed E-state index contributed by atoms with van der Waals surface area (Å²) in [6.07, 6.45) is 1.41. The van der Waals surface area contributed by atoms with Crippen LogP contribution in [0.15, 0.2) is 46.0 Å². The van der Waals surface area contributed by atoms with E-state index in [-0.39, 0.29) is 6.79 Å². The number of rotatable bonds is 4. The van der Waals surface area contributed by atoms with Gasteiger partial charge in [0.05, 0.1) is 6.21 Å². The molecule has 0 fully saturated rings. The Morgan fingerprint density at radius 1 is 1.11 bits per heavy atom. The van der Waals surface area contributed by atoms with Crippen molar-refractivity contribution in [1.29, 1.82) is 0 Å². The SMILES string of the molecule is CC(C)c1ccc(NC(=O)C(=O)N/N=C\c2cc3c(cc2Br)OCO3)cc1. The normalized spacial score (nSPS) is 12.4. The molecule has 8 heteroatoms. The Morgan fingerprint density at radius 2 is 1.78 bits per heavy atom. The molecule has 0 spiro atoms. The number of carbonyl (C=O) groups excluding carboxylic acids is 2. The van der Waals surface area contributed by atoms with Crippen LogP contribution in [-0.4, -0.2) is 24.8 Å². The maximum Gasteiger partial charge on any atom is 0.329 e. The smallest absolute Gasteiger partial charge is 0.329 e. The molecule has 0 radical (unpaired) electrons. The van der Waals surface area contributed by atoms with Gasteiger partial charge < -0.3 is 14.8 Å². The molecule has 7 nitrogen and oxygen atoms in total. The number of hydrazone groups is 1. The zero-order valence-electron chi connectivity index (χ0n) is 14.8. The first kappa shape index (κ1) is 18.9. The number of anilines is 1. The van der Waals surface area contributed by atoms with Crippen molar-refractivity contribution in [1.82, 2.24) is 5.43 Å².